The molecule has 10 heteroatoms. The summed E-state index contributed by atoms with van der Waals surface area (Å²) in [6.07, 6.45) is -0.647. The Kier molecular flexibility index (Phi) is 3.71. The summed E-state index contributed by atoms with van der Waals surface area (Å²) in [6.45, 7) is -0.537. The van der Waals surface area contributed by atoms with Crippen molar-refractivity contribution in [3.63, 3.8) is 0 Å². The van der Waals surface area contributed by atoms with E-state index in [1.54, 1.807) is 0 Å². The zero-order valence-corrected chi connectivity index (χ0v) is 10.4. The molecule has 1 aromatic heterocycles. The van der Waals surface area contributed by atoms with E-state index in [0.717, 1.165) is 16.3 Å². The zero-order valence-electron chi connectivity index (χ0n) is 9.55. The van der Waals surface area contributed by atoms with Gasteiger partial charge in [0.1, 0.15) is 16.4 Å². The highest BCUT2D eigenvalue weighted by Crippen LogP contribution is 2.43. The average Bonchev–Trinajstić information content (AvgIpc) is 2.66. The SMILES string of the molecule is Nc1ccn([C@@H]2S[C@H](CO)[C@@H]([N+](=O)[O-])[C@@H]2F)c(=O)n1. The third kappa shape index (κ3) is 2.40. The van der Waals surface area contributed by atoms with Crippen molar-refractivity contribution >= 4 is 17.6 Å². The first-order valence-corrected chi connectivity index (χ1v) is 6.28. The molecule has 19 heavy (non-hydrogen) atoms. The van der Waals surface area contributed by atoms with E-state index >= 15 is 0 Å². The van der Waals surface area contributed by atoms with Gasteiger partial charge in [-0.3, -0.25) is 14.7 Å². The molecule has 0 saturated carbocycles. The lowest BCUT2D eigenvalue weighted by molar-refractivity contribution is -0.529. The minimum atomic E-state index is -1.89. The second-order valence-corrected chi connectivity index (χ2v) is 5.37. The lowest BCUT2D eigenvalue weighted by Gasteiger charge is -2.14. The molecule has 0 bridgehead atoms. The maximum atomic E-state index is 14.1. The van der Waals surface area contributed by atoms with Crippen molar-refractivity contribution in [2.75, 3.05) is 12.3 Å². The van der Waals surface area contributed by atoms with Gasteiger partial charge < -0.3 is 10.8 Å². The van der Waals surface area contributed by atoms with Gasteiger partial charge in [0, 0.05) is 11.1 Å². The average molecular weight is 290 g/mol. The number of nitro groups is 1. The van der Waals surface area contributed by atoms with Crippen LogP contribution in [-0.4, -0.2) is 43.7 Å². The molecule has 2 rings (SSSR count). The van der Waals surface area contributed by atoms with E-state index in [1.807, 2.05) is 0 Å². The maximum absolute atomic E-state index is 14.1. The van der Waals surface area contributed by atoms with Crippen molar-refractivity contribution in [1.82, 2.24) is 9.55 Å². The largest absolute Gasteiger partial charge is 0.395 e. The molecule has 0 amide bonds. The molecule has 0 spiro atoms. The second kappa shape index (κ2) is 5.13. The zero-order chi connectivity index (χ0) is 14.2. The number of thioether (sulfide) groups is 1. The van der Waals surface area contributed by atoms with Crippen molar-refractivity contribution in [3.05, 3.63) is 32.9 Å². The van der Waals surface area contributed by atoms with Crippen LogP contribution in [0.3, 0.4) is 0 Å². The summed E-state index contributed by atoms with van der Waals surface area (Å²) in [5.41, 5.74) is 4.54. The Bertz CT molecular complexity index is 553. The number of nitrogen functional groups attached to an aromatic ring is 1. The van der Waals surface area contributed by atoms with Crippen LogP contribution in [0.1, 0.15) is 5.37 Å². The van der Waals surface area contributed by atoms with E-state index in [-0.39, 0.29) is 5.82 Å². The van der Waals surface area contributed by atoms with Crippen LogP contribution in [0.25, 0.3) is 0 Å². The fraction of sp³-hybridized carbons (Fsp3) is 0.556. The fourth-order valence-corrected chi connectivity index (χ4v) is 3.41. The Morgan fingerprint density at radius 1 is 1.68 bits per heavy atom. The summed E-state index contributed by atoms with van der Waals surface area (Å²) in [5, 5.41) is 17.9. The molecule has 4 atom stereocenters. The number of alkyl halides is 1. The Balaban J connectivity index is 2.36. The van der Waals surface area contributed by atoms with Gasteiger partial charge in [-0.05, 0) is 6.07 Å². The summed E-state index contributed by atoms with van der Waals surface area (Å²) in [4.78, 5) is 25.1. The Morgan fingerprint density at radius 2 is 2.37 bits per heavy atom. The summed E-state index contributed by atoms with van der Waals surface area (Å²) in [5.74, 6) is -0.0100. The van der Waals surface area contributed by atoms with Gasteiger partial charge in [0.15, 0.2) is 6.17 Å². The van der Waals surface area contributed by atoms with E-state index in [4.69, 9.17) is 10.8 Å². The molecule has 1 fully saturated rings. The van der Waals surface area contributed by atoms with Crippen molar-refractivity contribution in [2.24, 2.45) is 0 Å². The third-order valence-corrected chi connectivity index (χ3v) is 4.39. The molecule has 1 aliphatic rings. The van der Waals surface area contributed by atoms with E-state index in [1.165, 1.54) is 12.3 Å². The van der Waals surface area contributed by atoms with Crippen LogP contribution in [0.15, 0.2) is 17.1 Å². The maximum Gasteiger partial charge on any atom is 0.350 e. The normalized spacial score (nSPS) is 30.4. The molecule has 104 valence electrons. The van der Waals surface area contributed by atoms with Crippen LogP contribution < -0.4 is 11.4 Å². The molecule has 1 aromatic rings. The highest BCUT2D eigenvalue weighted by molar-refractivity contribution is 8.00. The standard InChI is InChI=1S/C9H11FN4O4S/c10-6-7(14(17)18)4(3-15)19-8(6)13-2-1-5(11)12-9(13)16/h1-2,4,6-8,15H,3H2,(H2,11,12,16)/t4-,6+,7-,8-/m1/s1. The first kappa shape index (κ1) is 13.7. The summed E-state index contributed by atoms with van der Waals surface area (Å²) in [7, 11) is 0. The summed E-state index contributed by atoms with van der Waals surface area (Å²) < 4.78 is 15.1. The Labute approximate surface area is 110 Å². The van der Waals surface area contributed by atoms with Crippen LogP contribution in [0.2, 0.25) is 0 Å². The van der Waals surface area contributed by atoms with Crippen LogP contribution in [0.4, 0.5) is 10.2 Å². The molecular weight excluding hydrogens is 279 g/mol. The molecule has 0 radical (unpaired) electrons. The van der Waals surface area contributed by atoms with Crippen LogP contribution >= 0.6 is 11.8 Å². The topological polar surface area (TPSA) is 124 Å². The number of hydrogen-bond acceptors (Lipinski definition) is 7. The quantitative estimate of drug-likeness (QED) is 0.563. The van der Waals surface area contributed by atoms with Crippen molar-refractivity contribution in [1.29, 1.82) is 0 Å². The Hall–Kier alpha value is -1.68. The number of anilines is 1. The van der Waals surface area contributed by atoms with Gasteiger partial charge in [-0.1, -0.05) is 0 Å². The van der Waals surface area contributed by atoms with Gasteiger partial charge in [0.2, 0.25) is 0 Å². The van der Waals surface area contributed by atoms with Crippen LogP contribution in [0, 0.1) is 10.1 Å². The number of nitrogens with two attached hydrogens (primary N) is 1. The van der Waals surface area contributed by atoms with Gasteiger partial charge in [-0.2, -0.15) is 4.98 Å². The minimum Gasteiger partial charge on any atom is -0.395 e. The molecular formula is C9H11FN4O4S. The number of aromatic nitrogens is 2. The number of halogens is 1. The van der Waals surface area contributed by atoms with Gasteiger partial charge in [-0.25, -0.2) is 9.18 Å². The summed E-state index contributed by atoms with van der Waals surface area (Å²) in [6, 6.07) is -0.244. The molecule has 0 unspecified atom stereocenters. The van der Waals surface area contributed by atoms with Crippen molar-refractivity contribution in [2.45, 2.75) is 22.8 Å². The first-order valence-electron chi connectivity index (χ1n) is 5.34. The van der Waals surface area contributed by atoms with E-state index in [2.05, 4.69) is 4.98 Å². The number of nitrogens with zero attached hydrogens (tertiary/aromatic N) is 3. The molecule has 8 nitrogen and oxygen atoms in total. The van der Waals surface area contributed by atoms with Gasteiger partial charge in [0.25, 0.3) is 6.04 Å². The summed E-state index contributed by atoms with van der Waals surface area (Å²) >= 11 is 0.844. The number of rotatable bonds is 3. The highest BCUT2D eigenvalue weighted by Gasteiger charge is 2.53. The predicted octanol–water partition coefficient (Wildman–Crippen LogP) is -0.585. The van der Waals surface area contributed by atoms with Gasteiger partial charge in [-0.15, -0.1) is 11.8 Å². The number of hydrogen-bond donors (Lipinski definition) is 2. The Morgan fingerprint density at radius 3 is 2.84 bits per heavy atom. The van der Waals surface area contributed by atoms with Crippen LogP contribution in [0.5, 0.6) is 0 Å². The molecule has 0 aliphatic carbocycles. The van der Waals surface area contributed by atoms with Gasteiger partial charge >= 0.3 is 5.69 Å². The van der Waals surface area contributed by atoms with Gasteiger partial charge in [0.05, 0.1) is 6.61 Å². The molecule has 1 aliphatic heterocycles. The minimum absolute atomic E-state index is 0.0100. The molecule has 3 N–H and O–H groups in total. The van der Waals surface area contributed by atoms with E-state index in [0.29, 0.717) is 0 Å². The van der Waals surface area contributed by atoms with Crippen molar-refractivity contribution < 1.29 is 14.4 Å². The highest BCUT2D eigenvalue weighted by atomic mass is 32.2. The number of aliphatic hydroxyl groups excluding tert-OH is 1. The van der Waals surface area contributed by atoms with E-state index < -0.39 is 40.1 Å². The van der Waals surface area contributed by atoms with Crippen LogP contribution in [-0.2, 0) is 0 Å². The third-order valence-electron chi connectivity index (χ3n) is 2.84. The lowest BCUT2D eigenvalue weighted by atomic mass is 10.1. The van der Waals surface area contributed by atoms with Crippen molar-refractivity contribution in [3.8, 4) is 0 Å². The van der Waals surface area contributed by atoms with E-state index in [9.17, 15) is 19.3 Å². The molecule has 1 saturated heterocycles. The monoisotopic (exact) mass is 290 g/mol. The first-order chi connectivity index (χ1) is 8.95. The predicted molar refractivity (Wildman–Crippen MR) is 66.1 cm³/mol. The molecule has 2 heterocycles. The molecule has 0 aromatic carbocycles. The lowest BCUT2D eigenvalue weighted by Crippen LogP contribution is -2.38. The number of aliphatic hydroxyl groups is 1. The fourth-order valence-electron chi connectivity index (χ4n) is 1.95. The smallest absolute Gasteiger partial charge is 0.350 e. The second-order valence-electron chi connectivity index (χ2n) is 4.01.